The Labute approximate surface area is 128 Å². The van der Waals surface area contributed by atoms with Crippen LogP contribution >= 0.6 is 0 Å². The molecule has 0 saturated heterocycles. The average molecular weight is 315 g/mol. The molecule has 0 aliphatic heterocycles. The number of hydrogen-bond acceptors (Lipinski definition) is 2. The van der Waals surface area contributed by atoms with Crippen molar-refractivity contribution in [3.8, 4) is 0 Å². The molecule has 3 nitrogen and oxygen atoms in total. The quantitative estimate of drug-likeness (QED) is 0.885. The second kappa shape index (κ2) is 7.33. The average Bonchev–Trinajstić information content (AvgIpc) is 2.35. The van der Waals surface area contributed by atoms with Crippen LogP contribution in [-0.2, 0) is 4.74 Å². The lowest BCUT2D eigenvalue weighted by Crippen LogP contribution is -2.46. The number of alkyl halides is 3. The van der Waals surface area contributed by atoms with E-state index in [9.17, 15) is 18.0 Å². The van der Waals surface area contributed by atoms with Gasteiger partial charge in [0.25, 0.3) is 0 Å². The smallest absolute Gasteiger partial charge is 0.409 e. The normalized spacial score (nSPS) is 13.9. The third-order valence-corrected chi connectivity index (χ3v) is 2.57. The summed E-state index contributed by atoms with van der Waals surface area (Å²) in [7, 11) is 0. The van der Waals surface area contributed by atoms with Crippen LogP contribution < -0.4 is 5.32 Å². The van der Waals surface area contributed by atoms with Crippen molar-refractivity contribution < 1.29 is 22.7 Å². The maximum atomic E-state index is 12.9. The summed E-state index contributed by atoms with van der Waals surface area (Å²) in [6.45, 7) is 4.76. The van der Waals surface area contributed by atoms with Crippen LogP contribution in [0.4, 0.5) is 18.0 Å². The number of alkyl carbamates (subject to hydrolysis) is 1. The molecule has 0 saturated carbocycles. The SMILES string of the molecule is CC(C)(C)OC(=O)N[C@@H](C/C=C/c1ccccc1)C(F)(F)F. The fourth-order valence-corrected chi connectivity index (χ4v) is 1.63. The Bertz CT molecular complexity index is 504. The Morgan fingerprint density at radius 2 is 1.82 bits per heavy atom. The van der Waals surface area contributed by atoms with E-state index in [1.165, 1.54) is 6.08 Å². The van der Waals surface area contributed by atoms with E-state index in [0.717, 1.165) is 5.56 Å². The lowest BCUT2D eigenvalue weighted by molar-refractivity contribution is -0.154. The van der Waals surface area contributed by atoms with Gasteiger partial charge >= 0.3 is 12.3 Å². The molecule has 122 valence electrons. The molecule has 0 heterocycles. The van der Waals surface area contributed by atoms with Crippen LogP contribution in [0.1, 0.15) is 32.8 Å². The molecule has 1 N–H and O–H groups in total. The van der Waals surface area contributed by atoms with Gasteiger partial charge in [0, 0.05) is 0 Å². The molecule has 0 aliphatic rings. The number of amides is 1. The highest BCUT2D eigenvalue weighted by Gasteiger charge is 2.40. The maximum absolute atomic E-state index is 12.9. The van der Waals surface area contributed by atoms with Gasteiger partial charge in [-0.15, -0.1) is 0 Å². The summed E-state index contributed by atoms with van der Waals surface area (Å²) in [5.41, 5.74) is -0.0548. The standard InChI is InChI=1S/C16H20F3NO2/c1-15(2,3)22-14(21)20-13(16(17,18)19)11-7-10-12-8-5-4-6-9-12/h4-10,13H,11H2,1-3H3,(H,20,21)/b10-7+/t13-/m0/s1. The molecule has 0 radical (unpaired) electrons. The van der Waals surface area contributed by atoms with E-state index in [1.54, 1.807) is 51.1 Å². The Morgan fingerprint density at radius 1 is 1.23 bits per heavy atom. The minimum Gasteiger partial charge on any atom is -0.444 e. The number of carbonyl (C=O) groups excluding carboxylic acids is 1. The lowest BCUT2D eigenvalue weighted by atomic mass is 10.1. The van der Waals surface area contributed by atoms with Gasteiger partial charge in [-0.1, -0.05) is 42.5 Å². The zero-order valence-electron chi connectivity index (χ0n) is 12.8. The molecular weight excluding hydrogens is 295 g/mol. The Kier molecular flexibility index (Phi) is 6.02. The van der Waals surface area contributed by atoms with E-state index >= 15 is 0 Å². The van der Waals surface area contributed by atoms with E-state index in [4.69, 9.17) is 4.74 Å². The van der Waals surface area contributed by atoms with Gasteiger partial charge in [0.1, 0.15) is 11.6 Å². The first-order valence-corrected chi connectivity index (χ1v) is 6.86. The molecule has 0 spiro atoms. The van der Waals surface area contributed by atoms with Crippen molar-refractivity contribution in [2.45, 2.75) is 45.0 Å². The molecule has 1 aromatic carbocycles. The van der Waals surface area contributed by atoms with Gasteiger partial charge in [0.15, 0.2) is 0 Å². The van der Waals surface area contributed by atoms with Crippen LogP contribution in [0, 0.1) is 0 Å². The van der Waals surface area contributed by atoms with Crippen molar-refractivity contribution in [1.29, 1.82) is 0 Å². The molecular formula is C16H20F3NO2. The predicted molar refractivity (Wildman–Crippen MR) is 79.3 cm³/mol. The molecule has 0 fully saturated rings. The second-order valence-electron chi connectivity index (χ2n) is 5.79. The van der Waals surface area contributed by atoms with E-state index < -0.39 is 23.9 Å². The zero-order valence-corrected chi connectivity index (χ0v) is 12.8. The maximum Gasteiger partial charge on any atom is 0.409 e. The first kappa shape index (κ1) is 18.1. The van der Waals surface area contributed by atoms with Crippen molar-refractivity contribution in [2.24, 2.45) is 0 Å². The highest BCUT2D eigenvalue weighted by Crippen LogP contribution is 2.23. The third kappa shape index (κ3) is 7.15. The highest BCUT2D eigenvalue weighted by molar-refractivity contribution is 5.68. The van der Waals surface area contributed by atoms with Gasteiger partial charge in [-0.2, -0.15) is 13.2 Å². The van der Waals surface area contributed by atoms with Gasteiger partial charge in [-0.3, -0.25) is 0 Å². The van der Waals surface area contributed by atoms with E-state index in [2.05, 4.69) is 0 Å². The summed E-state index contributed by atoms with van der Waals surface area (Å²) in [4.78, 5) is 11.5. The van der Waals surface area contributed by atoms with E-state index in [0.29, 0.717) is 0 Å². The lowest BCUT2D eigenvalue weighted by Gasteiger charge is -2.24. The number of ether oxygens (including phenoxy) is 1. The van der Waals surface area contributed by atoms with Crippen LogP contribution in [-0.4, -0.2) is 23.9 Å². The van der Waals surface area contributed by atoms with E-state index in [-0.39, 0.29) is 6.42 Å². The minimum absolute atomic E-state index is 0.363. The molecule has 0 bridgehead atoms. The van der Waals surface area contributed by atoms with Crippen molar-refractivity contribution >= 4 is 12.2 Å². The van der Waals surface area contributed by atoms with Crippen LogP contribution in [0.2, 0.25) is 0 Å². The fourth-order valence-electron chi connectivity index (χ4n) is 1.63. The second-order valence-corrected chi connectivity index (χ2v) is 5.79. The molecule has 0 aliphatic carbocycles. The van der Waals surface area contributed by atoms with E-state index in [1.807, 2.05) is 11.4 Å². The van der Waals surface area contributed by atoms with Crippen LogP contribution in [0.15, 0.2) is 36.4 Å². The molecule has 0 unspecified atom stereocenters. The van der Waals surface area contributed by atoms with Gasteiger partial charge in [-0.25, -0.2) is 4.79 Å². The Morgan fingerprint density at radius 3 is 2.32 bits per heavy atom. The fraction of sp³-hybridized carbons (Fsp3) is 0.438. The Balaban J connectivity index is 2.66. The Hall–Kier alpha value is -1.98. The van der Waals surface area contributed by atoms with Crippen molar-refractivity contribution in [3.63, 3.8) is 0 Å². The number of nitrogens with one attached hydrogen (secondary N) is 1. The van der Waals surface area contributed by atoms with Crippen LogP contribution in [0.5, 0.6) is 0 Å². The van der Waals surface area contributed by atoms with Gasteiger partial charge in [0.2, 0.25) is 0 Å². The number of benzene rings is 1. The number of halogens is 3. The molecule has 1 atom stereocenters. The largest absolute Gasteiger partial charge is 0.444 e. The zero-order chi connectivity index (χ0) is 16.8. The van der Waals surface area contributed by atoms with Gasteiger partial charge in [0.05, 0.1) is 0 Å². The number of hydrogen-bond donors (Lipinski definition) is 1. The minimum atomic E-state index is -4.54. The number of carbonyl (C=O) groups is 1. The first-order chi connectivity index (χ1) is 10.1. The molecule has 1 amide bonds. The van der Waals surface area contributed by atoms with Crippen molar-refractivity contribution in [2.75, 3.05) is 0 Å². The van der Waals surface area contributed by atoms with Gasteiger partial charge in [-0.05, 0) is 32.8 Å². The summed E-state index contributed by atoms with van der Waals surface area (Å²) in [6.07, 6.45) is -3.03. The molecule has 0 aromatic heterocycles. The summed E-state index contributed by atoms with van der Waals surface area (Å²) in [5, 5.41) is 1.86. The predicted octanol–water partition coefficient (Wildman–Crippen LogP) is 4.55. The topological polar surface area (TPSA) is 38.3 Å². The van der Waals surface area contributed by atoms with Gasteiger partial charge < -0.3 is 10.1 Å². The molecule has 1 rings (SSSR count). The third-order valence-electron chi connectivity index (χ3n) is 2.57. The van der Waals surface area contributed by atoms with Crippen molar-refractivity contribution in [1.82, 2.24) is 5.32 Å². The number of rotatable bonds is 4. The molecule has 6 heteroatoms. The van der Waals surface area contributed by atoms with Crippen molar-refractivity contribution in [3.05, 3.63) is 42.0 Å². The monoisotopic (exact) mass is 315 g/mol. The summed E-state index contributed by atoms with van der Waals surface area (Å²) in [6, 6.07) is 6.97. The molecule has 1 aromatic rings. The highest BCUT2D eigenvalue weighted by atomic mass is 19.4. The summed E-state index contributed by atoms with van der Waals surface area (Å²) in [5.74, 6) is 0. The van der Waals surface area contributed by atoms with Crippen LogP contribution in [0.3, 0.4) is 0 Å². The van der Waals surface area contributed by atoms with Crippen LogP contribution in [0.25, 0.3) is 6.08 Å². The first-order valence-electron chi connectivity index (χ1n) is 6.86. The summed E-state index contributed by atoms with van der Waals surface area (Å²) >= 11 is 0. The molecule has 22 heavy (non-hydrogen) atoms. The summed E-state index contributed by atoms with van der Waals surface area (Å²) < 4.78 is 43.7.